The highest BCUT2D eigenvalue weighted by molar-refractivity contribution is 7.53. The van der Waals surface area contributed by atoms with Gasteiger partial charge in [0.15, 0.2) is 0 Å². The maximum atomic E-state index is 14.8. The minimum Gasteiger partial charge on any atom is -0.449 e. The first-order valence-corrected chi connectivity index (χ1v) is 16.0. The average Bonchev–Trinajstić information content (AvgIpc) is 3.59. The van der Waals surface area contributed by atoms with Gasteiger partial charge in [-0.1, -0.05) is 41.9 Å². The molecule has 13 nitrogen and oxygen atoms in total. The second kappa shape index (κ2) is 16.6. The number of halogens is 2. The molecule has 0 fully saturated rings. The van der Waals surface area contributed by atoms with Crippen LogP contribution in [0.5, 0.6) is 0 Å². The molecule has 4 aromatic rings. The van der Waals surface area contributed by atoms with Gasteiger partial charge in [0.1, 0.15) is 18.8 Å². The third kappa shape index (κ3) is 10.2. The third-order valence-electron chi connectivity index (χ3n) is 6.58. The molecular weight excluding hydrogens is 640 g/mol. The number of ether oxygens (including phenoxy) is 1. The number of nitrogens with one attached hydrogen (secondary N) is 3. The summed E-state index contributed by atoms with van der Waals surface area (Å²) < 4.78 is 42.9. The number of rotatable bonds is 15. The highest BCUT2D eigenvalue weighted by Crippen LogP contribution is 2.45. The molecule has 3 aromatic carbocycles. The van der Waals surface area contributed by atoms with E-state index in [1.807, 2.05) is 30.3 Å². The summed E-state index contributed by atoms with van der Waals surface area (Å²) in [7, 11) is -0.896. The van der Waals surface area contributed by atoms with Crippen LogP contribution in [-0.2, 0) is 29.6 Å². The third-order valence-corrected chi connectivity index (χ3v) is 8.66. The molecule has 16 heteroatoms. The SMILES string of the molecule is COP(=O)(CCOC(=O)Nc1ccc(NCC(Cc2ccccc2)NC(=O)C=Cc2cc(Cl)ccc2-n2cnnn2)cc1F)OC. The topological polar surface area (TPSA) is 159 Å². The molecule has 242 valence electrons. The Morgan fingerprint density at radius 1 is 1.09 bits per heavy atom. The molecule has 1 unspecified atom stereocenters. The zero-order valence-electron chi connectivity index (χ0n) is 24.9. The smallest absolute Gasteiger partial charge is 0.411 e. The number of benzene rings is 3. The Labute approximate surface area is 269 Å². The Balaban J connectivity index is 1.38. The number of carbonyl (C=O) groups excluding carboxylic acids is 2. The van der Waals surface area contributed by atoms with Gasteiger partial charge >= 0.3 is 13.7 Å². The number of hydrogen-bond donors (Lipinski definition) is 3. The van der Waals surface area contributed by atoms with Crippen LogP contribution in [0.3, 0.4) is 0 Å². The summed E-state index contributed by atoms with van der Waals surface area (Å²) in [5, 5.41) is 20.1. The molecule has 1 aromatic heterocycles. The minimum atomic E-state index is -3.34. The number of carbonyl (C=O) groups is 2. The van der Waals surface area contributed by atoms with Crippen molar-refractivity contribution in [3.63, 3.8) is 0 Å². The summed E-state index contributed by atoms with van der Waals surface area (Å²) in [6.45, 7) is 0.00411. The van der Waals surface area contributed by atoms with Crippen LogP contribution < -0.4 is 16.0 Å². The van der Waals surface area contributed by atoms with Crippen molar-refractivity contribution in [3.8, 4) is 5.69 Å². The van der Waals surface area contributed by atoms with Crippen molar-refractivity contribution in [1.29, 1.82) is 0 Å². The van der Waals surface area contributed by atoms with Gasteiger partial charge in [-0.3, -0.25) is 14.7 Å². The predicted molar refractivity (Wildman–Crippen MR) is 172 cm³/mol. The summed E-state index contributed by atoms with van der Waals surface area (Å²) >= 11 is 6.18. The highest BCUT2D eigenvalue weighted by atomic mass is 35.5. The number of hydrogen-bond acceptors (Lipinski definition) is 10. The number of amides is 2. The van der Waals surface area contributed by atoms with E-state index in [2.05, 4.69) is 31.5 Å². The van der Waals surface area contributed by atoms with Crippen molar-refractivity contribution >= 4 is 48.6 Å². The second-order valence-corrected chi connectivity index (χ2v) is 12.6. The van der Waals surface area contributed by atoms with Crippen LogP contribution in [0.15, 0.2) is 79.1 Å². The summed E-state index contributed by atoms with van der Waals surface area (Å²) in [6.07, 6.45) is 3.85. The Hall–Kier alpha value is -4.62. The molecule has 0 aliphatic carbocycles. The lowest BCUT2D eigenvalue weighted by Gasteiger charge is -2.20. The first-order chi connectivity index (χ1) is 22.2. The highest BCUT2D eigenvalue weighted by Gasteiger charge is 2.21. The molecule has 46 heavy (non-hydrogen) atoms. The largest absolute Gasteiger partial charge is 0.449 e. The number of aromatic nitrogens is 4. The van der Waals surface area contributed by atoms with Gasteiger partial charge in [0, 0.05) is 43.1 Å². The van der Waals surface area contributed by atoms with Crippen LogP contribution in [0.2, 0.25) is 5.02 Å². The lowest BCUT2D eigenvalue weighted by atomic mass is 10.1. The number of nitrogens with zero attached hydrogens (tertiary/aromatic N) is 4. The van der Waals surface area contributed by atoms with Crippen LogP contribution in [0, 0.1) is 5.82 Å². The molecule has 0 radical (unpaired) electrons. The normalized spacial score (nSPS) is 12.1. The van der Waals surface area contributed by atoms with Crippen molar-refractivity contribution in [2.45, 2.75) is 12.5 Å². The molecule has 4 rings (SSSR count). The first kappa shape index (κ1) is 34.3. The molecule has 2 amide bonds. The summed E-state index contributed by atoms with van der Waals surface area (Å²) in [4.78, 5) is 25.1. The fourth-order valence-corrected chi connectivity index (χ4v) is 5.26. The standard InChI is InChI=1S/C30H32ClFN7O6P/c1-43-46(42,44-2)15-14-45-30(41)36-27-11-10-24(18-26(27)32)33-19-25(16-21-6-4-3-5-7-21)35-29(40)13-8-22-17-23(31)9-12-28(22)39-20-34-37-38-39/h3-13,17-18,20,25,33H,14-16,19H2,1-2H3,(H,35,40)(H,36,41). The average molecular weight is 672 g/mol. The molecular formula is C30H32ClFN7O6P. The van der Waals surface area contributed by atoms with Crippen LogP contribution in [-0.4, -0.2) is 71.8 Å². The van der Waals surface area contributed by atoms with E-state index in [1.54, 1.807) is 30.3 Å². The Morgan fingerprint density at radius 3 is 2.57 bits per heavy atom. The summed E-state index contributed by atoms with van der Waals surface area (Å²) in [6, 6.07) is 18.5. The van der Waals surface area contributed by atoms with Crippen molar-refractivity contribution < 1.29 is 32.3 Å². The summed E-state index contributed by atoms with van der Waals surface area (Å²) in [5.74, 6) is -1.07. The maximum Gasteiger partial charge on any atom is 0.411 e. The molecule has 1 atom stereocenters. The molecule has 0 aliphatic rings. The van der Waals surface area contributed by atoms with E-state index < -0.39 is 19.5 Å². The quantitative estimate of drug-likeness (QED) is 0.111. The molecule has 1 heterocycles. The van der Waals surface area contributed by atoms with E-state index in [-0.39, 0.29) is 36.9 Å². The fraction of sp³-hybridized carbons (Fsp3) is 0.233. The molecule has 0 aliphatic heterocycles. The van der Waals surface area contributed by atoms with Crippen molar-refractivity contribution in [1.82, 2.24) is 25.5 Å². The van der Waals surface area contributed by atoms with Gasteiger partial charge < -0.3 is 24.4 Å². The minimum absolute atomic E-state index is 0.112. The Morgan fingerprint density at radius 2 is 1.87 bits per heavy atom. The monoisotopic (exact) mass is 671 g/mol. The van der Waals surface area contributed by atoms with E-state index in [0.29, 0.717) is 28.4 Å². The Kier molecular flexibility index (Phi) is 12.4. The lowest BCUT2D eigenvalue weighted by Crippen LogP contribution is -2.40. The van der Waals surface area contributed by atoms with Gasteiger partial charge in [-0.2, -0.15) is 4.68 Å². The van der Waals surface area contributed by atoms with Gasteiger partial charge in [-0.15, -0.1) is 5.10 Å². The van der Waals surface area contributed by atoms with Gasteiger partial charge in [-0.25, -0.2) is 9.18 Å². The number of anilines is 2. The molecule has 0 saturated heterocycles. The molecule has 0 spiro atoms. The van der Waals surface area contributed by atoms with E-state index in [0.717, 1.165) is 5.56 Å². The zero-order chi connectivity index (χ0) is 32.9. The van der Waals surface area contributed by atoms with Crippen LogP contribution >= 0.6 is 19.2 Å². The molecule has 0 saturated carbocycles. The Bertz CT molecular complexity index is 1690. The van der Waals surface area contributed by atoms with Crippen molar-refractivity contribution in [2.24, 2.45) is 0 Å². The number of tetrazole rings is 1. The van der Waals surface area contributed by atoms with Gasteiger partial charge in [0.2, 0.25) is 5.91 Å². The molecule has 0 bridgehead atoms. The molecule has 3 N–H and O–H groups in total. The first-order valence-electron chi connectivity index (χ1n) is 13.9. The maximum absolute atomic E-state index is 14.8. The second-order valence-electron chi connectivity index (χ2n) is 9.72. The van der Waals surface area contributed by atoms with E-state index >= 15 is 0 Å². The predicted octanol–water partition coefficient (Wildman–Crippen LogP) is 5.34. The zero-order valence-corrected chi connectivity index (χ0v) is 26.6. The lowest BCUT2D eigenvalue weighted by molar-refractivity contribution is -0.117. The van der Waals surface area contributed by atoms with Crippen LogP contribution in [0.1, 0.15) is 11.1 Å². The van der Waals surface area contributed by atoms with E-state index in [9.17, 15) is 18.5 Å². The van der Waals surface area contributed by atoms with Crippen molar-refractivity contribution in [3.05, 3.63) is 101 Å². The van der Waals surface area contributed by atoms with E-state index in [1.165, 1.54) is 43.4 Å². The fourth-order valence-electron chi connectivity index (χ4n) is 4.25. The van der Waals surface area contributed by atoms with Crippen molar-refractivity contribution in [2.75, 3.05) is 44.2 Å². The van der Waals surface area contributed by atoms with E-state index in [4.69, 9.17) is 25.4 Å². The van der Waals surface area contributed by atoms with Crippen LogP contribution in [0.25, 0.3) is 11.8 Å². The van der Waals surface area contributed by atoms with Crippen LogP contribution in [0.4, 0.5) is 20.6 Å². The van der Waals surface area contributed by atoms with Gasteiger partial charge in [-0.05, 0) is 64.9 Å². The van der Waals surface area contributed by atoms with Gasteiger partial charge in [0.25, 0.3) is 0 Å². The van der Waals surface area contributed by atoms with Gasteiger partial charge in [0.05, 0.1) is 23.6 Å². The summed E-state index contributed by atoms with van der Waals surface area (Å²) in [5.41, 5.74) is 2.57.